The Morgan fingerprint density at radius 3 is 2.35 bits per heavy atom. The van der Waals surface area contributed by atoms with Crippen molar-refractivity contribution in [3.63, 3.8) is 0 Å². The fourth-order valence-corrected chi connectivity index (χ4v) is 4.96. The predicted molar refractivity (Wildman–Crippen MR) is 136 cm³/mol. The van der Waals surface area contributed by atoms with Crippen molar-refractivity contribution in [2.45, 2.75) is 50.3 Å². The summed E-state index contributed by atoms with van der Waals surface area (Å²) < 4.78 is 51.8. The number of thiocarbonyl (C=S) groups is 1. The van der Waals surface area contributed by atoms with Crippen LogP contribution >= 0.6 is 23.8 Å². The minimum atomic E-state index is -4.85. The van der Waals surface area contributed by atoms with Crippen molar-refractivity contribution >= 4 is 40.7 Å². The zero-order valence-electron chi connectivity index (χ0n) is 19.8. The summed E-state index contributed by atoms with van der Waals surface area (Å²) in [6.45, 7) is 3.05. The summed E-state index contributed by atoms with van der Waals surface area (Å²) in [5.74, 6) is 0.838. The molecule has 0 N–H and O–H groups in total. The molecule has 2 aromatic rings. The number of nitrogens with zero attached hydrogens (tertiary/aromatic N) is 4. The lowest BCUT2D eigenvalue weighted by Gasteiger charge is -2.40. The van der Waals surface area contributed by atoms with Gasteiger partial charge in [-0.25, -0.2) is 4.98 Å². The first-order valence-corrected chi connectivity index (χ1v) is 12.7. The Kier molecular flexibility index (Phi) is 8.83. The van der Waals surface area contributed by atoms with Crippen LogP contribution in [0.1, 0.15) is 31.2 Å². The van der Waals surface area contributed by atoms with Crippen LogP contribution in [0.3, 0.4) is 0 Å². The smallest absolute Gasteiger partial charge is 0.423 e. The molecule has 0 amide bonds. The quantitative estimate of drug-likeness (QED) is 0.238. The molecule has 1 aliphatic carbocycles. The van der Waals surface area contributed by atoms with E-state index < -0.39 is 22.4 Å². The fraction of sp³-hybridized carbons (Fsp3) is 0.500. The van der Waals surface area contributed by atoms with Crippen LogP contribution in [-0.4, -0.2) is 64.8 Å². The molecule has 2 heterocycles. The molecular formula is C24H26ClF3N4O4S. The van der Waals surface area contributed by atoms with E-state index in [1.165, 1.54) is 6.07 Å². The number of ether oxygens (including phenoxy) is 2. The van der Waals surface area contributed by atoms with Gasteiger partial charge in [0.25, 0.3) is 5.69 Å². The normalized spacial score (nSPS) is 21.9. The third kappa shape index (κ3) is 7.07. The summed E-state index contributed by atoms with van der Waals surface area (Å²) in [6.07, 6.45) is -1.39. The number of alkyl halides is 3. The Balaban J connectivity index is 1.27. The average molecular weight is 559 g/mol. The van der Waals surface area contributed by atoms with Crippen molar-refractivity contribution in [3.05, 3.63) is 57.2 Å². The number of nitro groups is 1. The Bertz CT molecular complexity index is 1090. The highest BCUT2D eigenvalue weighted by Crippen LogP contribution is 2.39. The second-order valence-electron chi connectivity index (χ2n) is 8.97. The van der Waals surface area contributed by atoms with Gasteiger partial charge in [0.1, 0.15) is 23.4 Å². The molecule has 0 spiro atoms. The molecule has 1 aromatic heterocycles. The van der Waals surface area contributed by atoms with Gasteiger partial charge in [0, 0.05) is 43.8 Å². The van der Waals surface area contributed by atoms with Crippen molar-refractivity contribution in [2.24, 2.45) is 0 Å². The Hall–Kier alpha value is -2.54. The molecule has 0 radical (unpaired) electrons. The van der Waals surface area contributed by atoms with E-state index in [-0.39, 0.29) is 24.2 Å². The van der Waals surface area contributed by atoms with Crippen molar-refractivity contribution in [3.8, 4) is 5.75 Å². The van der Waals surface area contributed by atoms with Crippen molar-refractivity contribution in [2.75, 3.05) is 31.1 Å². The van der Waals surface area contributed by atoms with Gasteiger partial charge >= 0.3 is 6.18 Å². The third-order valence-corrected chi connectivity index (χ3v) is 7.01. The third-order valence-electron chi connectivity index (χ3n) is 6.55. The number of hydrogen-bond acceptors (Lipinski definition) is 8. The van der Waals surface area contributed by atoms with E-state index in [4.69, 9.17) is 33.3 Å². The lowest BCUT2D eigenvalue weighted by molar-refractivity contribution is -0.388. The SMILES string of the molecule is O=[N+]([O-])c1ccc(OC2CCC(OC(C=S)N3CCN(c4ccc(Cl)cn4)CC3)CC2)cc1C(F)(F)F. The molecule has 4 rings (SSSR count). The van der Waals surface area contributed by atoms with Crippen LogP contribution in [0.4, 0.5) is 24.7 Å². The maximum atomic E-state index is 13.2. The summed E-state index contributed by atoms with van der Waals surface area (Å²) >= 11 is 11.2. The first kappa shape index (κ1) is 27.5. The van der Waals surface area contributed by atoms with E-state index in [0.717, 1.165) is 38.1 Å². The van der Waals surface area contributed by atoms with Crippen molar-refractivity contribution in [1.29, 1.82) is 0 Å². The summed E-state index contributed by atoms with van der Waals surface area (Å²) in [4.78, 5) is 18.6. The monoisotopic (exact) mass is 558 g/mol. The van der Waals surface area contributed by atoms with Crippen LogP contribution in [0.25, 0.3) is 0 Å². The summed E-state index contributed by atoms with van der Waals surface area (Å²) in [5.41, 5.74) is -2.31. The maximum Gasteiger partial charge on any atom is 0.423 e. The number of anilines is 1. The number of hydrogen-bond donors (Lipinski definition) is 0. The zero-order chi connectivity index (χ0) is 26.6. The summed E-state index contributed by atoms with van der Waals surface area (Å²) in [6, 6.07) is 6.45. The highest BCUT2D eigenvalue weighted by molar-refractivity contribution is 7.79. The predicted octanol–water partition coefficient (Wildman–Crippen LogP) is 5.52. The molecule has 37 heavy (non-hydrogen) atoms. The number of nitro benzene ring substituents is 1. The second kappa shape index (κ2) is 11.9. The molecule has 0 bridgehead atoms. The van der Waals surface area contributed by atoms with Crippen molar-refractivity contribution in [1.82, 2.24) is 9.88 Å². The van der Waals surface area contributed by atoms with Crippen LogP contribution in [0.2, 0.25) is 5.02 Å². The summed E-state index contributed by atoms with van der Waals surface area (Å²) in [5, 5.41) is 13.2. The van der Waals surface area contributed by atoms with E-state index in [0.29, 0.717) is 36.8 Å². The molecule has 1 aliphatic heterocycles. The van der Waals surface area contributed by atoms with Gasteiger partial charge in [0.05, 0.1) is 22.2 Å². The van der Waals surface area contributed by atoms with Gasteiger partial charge in [0.15, 0.2) is 0 Å². The molecule has 2 fully saturated rings. The minimum Gasteiger partial charge on any atom is -0.490 e. The molecule has 1 atom stereocenters. The number of pyridine rings is 1. The molecule has 8 nitrogen and oxygen atoms in total. The maximum absolute atomic E-state index is 13.2. The van der Waals surface area contributed by atoms with Gasteiger partial charge in [-0.2, -0.15) is 13.2 Å². The van der Waals surface area contributed by atoms with E-state index in [1.54, 1.807) is 11.6 Å². The fourth-order valence-electron chi connectivity index (χ4n) is 4.62. The second-order valence-corrected chi connectivity index (χ2v) is 9.68. The van der Waals surface area contributed by atoms with E-state index in [9.17, 15) is 23.3 Å². The van der Waals surface area contributed by atoms with Crippen LogP contribution in [0, 0.1) is 10.1 Å². The van der Waals surface area contributed by atoms with Crippen LogP contribution < -0.4 is 9.64 Å². The average Bonchev–Trinajstić information content (AvgIpc) is 2.88. The molecule has 1 aromatic carbocycles. The number of rotatable bonds is 8. The number of benzene rings is 1. The van der Waals surface area contributed by atoms with E-state index >= 15 is 0 Å². The topological polar surface area (TPSA) is 81.0 Å². The first-order chi connectivity index (χ1) is 17.6. The Morgan fingerprint density at radius 1 is 1.11 bits per heavy atom. The first-order valence-electron chi connectivity index (χ1n) is 11.9. The number of piperazine rings is 1. The molecule has 1 saturated carbocycles. The molecule has 2 aliphatic rings. The van der Waals surface area contributed by atoms with Crippen LogP contribution in [0.15, 0.2) is 36.5 Å². The standard InChI is InChI=1S/C24H26ClF3N4O4S/c25-16-1-8-22(29-14-16)30-9-11-31(12-10-30)23(15-37)36-18-4-2-17(3-5-18)35-19-6-7-21(32(33)34)20(13-19)24(26,27)28/h1,6-8,13-15,17-18,23H,2-5,9-12H2. The van der Waals surface area contributed by atoms with Gasteiger partial charge in [-0.15, -0.1) is 0 Å². The van der Waals surface area contributed by atoms with E-state index in [2.05, 4.69) is 14.8 Å². The molecule has 13 heteroatoms. The largest absolute Gasteiger partial charge is 0.490 e. The summed E-state index contributed by atoms with van der Waals surface area (Å²) in [7, 11) is 0. The Morgan fingerprint density at radius 2 is 1.78 bits per heavy atom. The van der Waals surface area contributed by atoms with Crippen LogP contribution in [0.5, 0.6) is 5.75 Å². The number of halogens is 4. The van der Waals surface area contributed by atoms with E-state index in [1.807, 2.05) is 12.1 Å². The van der Waals surface area contributed by atoms with Crippen LogP contribution in [-0.2, 0) is 10.9 Å². The number of aromatic nitrogens is 1. The zero-order valence-corrected chi connectivity index (χ0v) is 21.3. The van der Waals surface area contributed by atoms with Crippen molar-refractivity contribution < 1.29 is 27.6 Å². The lowest BCUT2D eigenvalue weighted by atomic mass is 9.95. The van der Waals surface area contributed by atoms with Gasteiger partial charge in [-0.1, -0.05) is 23.8 Å². The van der Waals surface area contributed by atoms with Gasteiger partial charge in [0.2, 0.25) is 0 Å². The van der Waals surface area contributed by atoms with Gasteiger partial charge in [-0.3, -0.25) is 15.0 Å². The molecule has 1 saturated heterocycles. The highest BCUT2D eigenvalue weighted by Gasteiger charge is 2.39. The lowest BCUT2D eigenvalue weighted by Crippen LogP contribution is -2.52. The van der Waals surface area contributed by atoms with Gasteiger partial charge < -0.3 is 14.4 Å². The Labute approximate surface area is 222 Å². The minimum absolute atomic E-state index is 0.0351. The molecular weight excluding hydrogens is 533 g/mol. The molecule has 200 valence electrons. The van der Waals surface area contributed by atoms with Gasteiger partial charge in [-0.05, 0) is 49.9 Å². The highest BCUT2D eigenvalue weighted by atomic mass is 35.5. The molecule has 1 unspecified atom stereocenters.